The van der Waals surface area contributed by atoms with Crippen LogP contribution in [0, 0.1) is 0 Å². The number of carbonyl (C=O) groups is 1. The third-order valence-corrected chi connectivity index (χ3v) is 5.64. The Morgan fingerprint density at radius 1 is 0.812 bits per heavy atom. The maximum Gasteiger partial charge on any atom is 0.336 e. The smallest absolute Gasteiger partial charge is 0.336 e. The molecule has 0 saturated carbocycles. The second-order valence-corrected chi connectivity index (χ2v) is 8.03. The summed E-state index contributed by atoms with van der Waals surface area (Å²) in [4.78, 5) is 11.6. The minimum absolute atomic E-state index is 0.212. The molecule has 4 aromatic rings. The molecular weight excluding hydrogens is 443 g/mol. The molecule has 0 atom stereocenters. The molecule has 0 saturated heterocycles. The lowest BCUT2D eigenvalue weighted by atomic mass is 9.99. The van der Waals surface area contributed by atoms with Crippen LogP contribution in [0.2, 0.25) is 10.0 Å². The SMILES string of the molecule is O=C(O)c1ccc(Cl)cc1-c1ccc(Nc2ccccc2NCc2ccccc2Cl)cc1. The van der Waals surface area contributed by atoms with Gasteiger partial charge in [-0.25, -0.2) is 4.79 Å². The third kappa shape index (κ3) is 5.05. The topological polar surface area (TPSA) is 61.4 Å². The van der Waals surface area contributed by atoms with Gasteiger partial charge in [0.2, 0.25) is 0 Å². The van der Waals surface area contributed by atoms with Crippen LogP contribution in [0.3, 0.4) is 0 Å². The molecule has 0 aliphatic carbocycles. The van der Waals surface area contributed by atoms with Crippen LogP contribution in [0.25, 0.3) is 11.1 Å². The maximum atomic E-state index is 11.6. The van der Waals surface area contributed by atoms with Crippen LogP contribution in [-0.2, 0) is 6.54 Å². The van der Waals surface area contributed by atoms with Crippen molar-refractivity contribution in [3.05, 3.63) is 112 Å². The summed E-state index contributed by atoms with van der Waals surface area (Å²) < 4.78 is 0. The van der Waals surface area contributed by atoms with E-state index < -0.39 is 5.97 Å². The summed E-state index contributed by atoms with van der Waals surface area (Å²) in [7, 11) is 0. The highest BCUT2D eigenvalue weighted by molar-refractivity contribution is 6.31. The number of benzene rings is 4. The summed E-state index contributed by atoms with van der Waals surface area (Å²) in [5.41, 5.74) is 5.33. The number of halogens is 2. The second kappa shape index (κ2) is 9.77. The first-order valence-electron chi connectivity index (χ1n) is 9.98. The van der Waals surface area contributed by atoms with Gasteiger partial charge >= 0.3 is 5.97 Å². The van der Waals surface area contributed by atoms with E-state index in [1.54, 1.807) is 12.1 Å². The van der Waals surface area contributed by atoms with Crippen LogP contribution >= 0.6 is 23.2 Å². The van der Waals surface area contributed by atoms with Crippen molar-refractivity contribution in [1.29, 1.82) is 0 Å². The number of rotatable bonds is 7. The lowest BCUT2D eigenvalue weighted by molar-refractivity contribution is 0.0697. The lowest BCUT2D eigenvalue weighted by Crippen LogP contribution is -2.03. The third-order valence-electron chi connectivity index (χ3n) is 5.04. The molecule has 4 rings (SSSR count). The molecule has 0 bridgehead atoms. The van der Waals surface area contributed by atoms with E-state index in [2.05, 4.69) is 10.6 Å². The number of hydrogen-bond donors (Lipinski definition) is 3. The second-order valence-electron chi connectivity index (χ2n) is 7.19. The first kappa shape index (κ1) is 21.8. The largest absolute Gasteiger partial charge is 0.478 e. The molecule has 0 aromatic heterocycles. The average Bonchev–Trinajstić information content (AvgIpc) is 2.80. The zero-order valence-corrected chi connectivity index (χ0v) is 18.5. The molecule has 6 heteroatoms. The van der Waals surface area contributed by atoms with Crippen molar-refractivity contribution in [2.24, 2.45) is 0 Å². The van der Waals surface area contributed by atoms with E-state index in [0.717, 1.165) is 33.2 Å². The van der Waals surface area contributed by atoms with Crippen LogP contribution in [0.1, 0.15) is 15.9 Å². The normalized spacial score (nSPS) is 10.6. The predicted octanol–water partition coefficient (Wildman–Crippen LogP) is 7.71. The highest BCUT2D eigenvalue weighted by Gasteiger charge is 2.12. The summed E-state index contributed by atoms with van der Waals surface area (Å²) in [6.07, 6.45) is 0. The lowest BCUT2D eigenvalue weighted by Gasteiger charge is -2.15. The highest BCUT2D eigenvalue weighted by Crippen LogP contribution is 2.31. The van der Waals surface area contributed by atoms with Crippen LogP contribution in [-0.4, -0.2) is 11.1 Å². The number of nitrogens with one attached hydrogen (secondary N) is 2. The molecule has 32 heavy (non-hydrogen) atoms. The van der Waals surface area contributed by atoms with E-state index >= 15 is 0 Å². The fraction of sp³-hybridized carbons (Fsp3) is 0.0385. The molecule has 0 fully saturated rings. The fourth-order valence-corrected chi connectivity index (χ4v) is 3.78. The van der Waals surface area contributed by atoms with Crippen LogP contribution in [0.15, 0.2) is 91.0 Å². The summed E-state index contributed by atoms with van der Waals surface area (Å²) in [6, 6.07) is 28.0. The summed E-state index contributed by atoms with van der Waals surface area (Å²) >= 11 is 12.4. The number of carboxylic acids is 1. The predicted molar refractivity (Wildman–Crippen MR) is 132 cm³/mol. The Morgan fingerprint density at radius 3 is 2.22 bits per heavy atom. The van der Waals surface area contributed by atoms with Crippen molar-refractivity contribution in [3.8, 4) is 11.1 Å². The molecule has 0 spiro atoms. The molecule has 160 valence electrons. The monoisotopic (exact) mass is 462 g/mol. The van der Waals surface area contributed by atoms with Crippen molar-refractivity contribution in [1.82, 2.24) is 0 Å². The van der Waals surface area contributed by atoms with Gasteiger partial charge in [-0.1, -0.05) is 65.7 Å². The minimum atomic E-state index is -0.989. The standard InChI is InChI=1S/C26H20Cl2N2O2/c27-19-11-14-21(26(31)32)22(15-19)17-9-12-20(13-10-17)30-25-8-4-3-7-24(25)29-16-18-5-1-2-6-23(18)28/h1-15,29-30H,16H2,(H,31,32). The summed E-state index contributed by atoms with van der Waals surface area (Å²) in [5.74, 6) is -0.989. The Labute approximate surface area is 196 Å². The Hall–Kier alpha value is -3.47. The quantitative estimate of drug-likeness (QED) is 0.263. The number of para-hydroxylation sites is 2. The first-order valence-corrected chi connectivity index (χ1v) is 10.7. The average molecular weight is 463 g/mol. The molecule has 0 heterocycles. The van der Waals surface area contributed by atoms with Gasteiger partial charge in [0.05, 0.1) is 16.9 Å². The number of hydrogen-bond acceptors (Lipinski definition) is 3. The van der Waals surface area contributed by atoms with Gasteiger partial charge in [-0.05, 0) is 65.2 Å². The van der Waals surface area contributed by atoms with Gasteiger partial charge in [0.15, 0.2) is 0 Å². The zero-order chi connectivity index (χ0) is 22.5. The van der Waals surface area contributed by atoms with Crippen molar-refractivity contribution >= 4 is 46.2 Å². The van der Waals surface area contributed by atoms with Crippen LogP contribution in [0.4, 0.5) is 17.1 Å². The molecular formula is C26H20Cl2N2O2. The van der Waals surface area contributed by atoms with Gasteiger partial charge in [0.25, 0.3) is 0 Å². The summed E-state index contributed by atoms with van der Waals surface area (Å²) in [6.45, 7) is 0.601. The molecule has 0 aliphatic rings. The number of carboxylic acid groups (broad SMARTS) is 1. The Morgan fingerprint density at radius 2 is 1.50 bits per heavy atom. The first-order chi connectivity index (χ1) is 15.5. The van der Waals surface area contributed by atoms with Crippen molar-refractivity contribution in [3.63, 3.8) is 0 Å². The molecule has 0 amide bonds. The zero-order valence-electron chi connectivity index (χ0n) is 17.0. The molecule has 0 unspecified atom stereocenters. The van der Waals surface area contributed by atoms with Crippen molar-refractivity contribution in [2.75, 3.05) is 10.6 Å². The van der Waals surface area contributed by atoms with Gasteiger partial charge in [0.1, 0.15) is 0 Å². The van der Waals surface area contributed by atoms with Gasteiger partial charge in [-0.15, -0.1) is 0 Å². The number of anilines is 3. The Balaban J connectivity index is 1.53. The van der Waals surface area contributed by atoms with Crippen molar-refractivity contribution < 1.29 is 9.90 Å². The van der Waals surface area contributed by atoms with E-state index in [1.807, 2.05) is 72.8 Å². The minimum Gasteiger partial charge on any atom is -0.478 e. The van der Waals surface area contributed by atoms with Gasteiger partial charge in [-0.2, -0.15) is 0 Å². The van der Waals surface area contributed by atoms with E-state index in [-0.39, 0.29) is 5.56 Å². The van der Waals surface area contributed by atoms with E-state index in [4.69, 9.17) is 23.2 Å². The van der Waals surface area contributed by atoms with Gasteiger partial charge in [0, 0.05) is 22.3 Å². The fourth-order valence-electron chi connectivity index (χ4n) is 3.41. The number of aromatic carboxylic acids is 1. The maximum absolute atomic E-state index is 11.6. The Kier molecular flexibility index (Phi) is 6.64. The molecule has 0 aliphatic heterocycles. The van der Waals surface area contributed by atoms with E-state index in [0.29, 0.717) is 17.1 Å². The molecule has 4 aromatic carbocycles. The van der Waals surface area contributed by atoms with Crippen LogP contribution < -0.4 is 10.6 Å². The Bertz CT molecular complexity index is 1260. The van der Waals surface area contributed by atoms with E-state index in [1.165, 1.54) is 6.07 Å². The van der Waals surface area contributed by atoms with E-state index in [9.17, 15) is 9.90 Å². The summed E-state index contributed by atoms with van der Waals surface area (Å²) in [5, 5.41) is 17.5. The van der Waals surface area contributed by atoms with Gasteiger partial charge < -0.3 is 15.7 Å². The van der Waals surface area contributed by atoms with Crippen LogP contribution in [0.5, 0.6) is 0 Å². The van der Waals surface area contributed by atoms with Gasteiger partial charge in [-0.3, -0.25) is 0 Å². The highest BCUT2D eigenvalue weighted by atomic mass is 35.5. The molecule has 4 nitrogen and oxygen atoms in total. The molecule has 0 radical (unpaired) electrons. The molecule has 3 N–H and O–H groups in total. The van der Waals surface area contributed by atoms with Crippen molar-refractivity contribution in [2.45, 2.75) is 6.54 Å².